The van der Waals surface area contributed by atoms with Crippen LogP contribution in [0.3, 0.4) is 0 Å². The Morgan fingerprint density at radius 3 is 2.66 bits per heavy atom. The van der Waals surface area contributed by atoms with Crippen LogP contribution in [0.1, 0.15) is 18.9 Å². The lowest BCUT2D eigenvalue weighted by Crippen LogP contribution is -2.42. The van der Waals surface area contributed by atoms with Gasteiger partial charge in [0, 0.05) is 18.2 Å². The molecule has 2 aromatic heterocycles. The van der Waals surface area contributed by atoms with Crippen molar-refractivity contribution in [1.82, 2.24) is 24.6 Å². The molecule has 176 valence electrons. The van der Waals surface area contributed by atoms with Crippen LogP contribution in [0.25, 0.3) is 22.3 Å². The highest BCUT2D eigenvalue weighted by Crippen LogP contribution is 2.46. The molecule has 2 fully saturated rings. The molecule has 8 nitrogen and oxygen atoms in total. The minimum atomic E-state index is -0.361. The highest BCUT2D eigenvalue weighted by Gasteiger charge is 2.48. The number of rotatable bonds is 5. The average molecular weight is 471 g/mol. The number of hydrogen-bond donors (Lipinski definition) is 1. The highest BCUT2D eigenvalue weighted by molar-refractivity contribution is 5.98. The second kappa shape index (κ2) is 8.19. The summed E-state index contributed by atoms with van der Waals surface area (Å²) in [7, 11) is 0. The number of hydrogen-bond acceptors (Lipinski definition) is 6. The lowest BCUT2D eigenvalue weighted by atomic mass is 10.1. The van der Waals surface area contributed by atoms with E-state index in [0.717, 1.165) is 24.9 Å². The fourth-order valence-electron chi connectivity index (χ4n) is 5.40. The number of nitrogens with two attached hydrogens (primary N) is 1. The molecule has 1 aliphatic heterocycles. The van der Waals surface area contributed by atoms with Gasteiger partial charge in [-0.25, -0.2) is 19.0 Å². The van der Waals surface area contributed by atoms with Gasteiger partial charge in [-0.1, -0.05) is 12.6 Å². The maximum Gasteiger partial charge on any atom is 0.246 e. The van der Waals surface area contributed by atoms with Crippen molar-refractivity contribution in [2.75, 3.05) is 12.3 Å². The number of ether oxygens (including phenoxy) is 1. The van der Waals surface area contributed by atoms with Gasteiger partial charge < -0.3 is 15.4 Å². The van der Waals surface area contributed by atoms with E-state index in [-0.39, 0.29) is 23.8 Å². The zero-order chi connectivity index (χ0) is 24.1. The SMILES string of the molecule is C=CC(=O)N1CC2CC1C(n1nc(-c3ccc(Oc4cccc(F)c4)cc3)c3c(N)ncnc31)C2. The summed E-state index contributed by atoms with van der Waals surface area (Å²) in [5, 5.41) is 5.62. The number of benzene rings is 2. The number of nitrogens with zero attached hydrogens (tertiary/aromatic N) is 5. The summed E-state index contributed by atoms with van der Waals surface area (Å²) in [5.41, 5.74) is 8.42. The third-order valence-electron chi connectivity index (χ3n) is 6.90. The Labute approximate surface area is 200 Å². The number of fused-ring (bicyclic) bond motifs is 3. The van der Waals surface area contributed by atoms with Gasteiger partial charge in [0.2, 0.25) is 5.91 Å². The first kappa shape index (κ1) is 21.3. The van der Waals surface area contributed by atoms with E-state index in [9.17, 15) is 9.18 Å². The first-order valence-electron chi connectivity index (χ1n) is 11.5. The van der Waals surface area contributed by atoms with Crippen LogP contribution in [0.15, 0.2) is 67.5 Å². The first-order valence-corrected chi connectivity index (χ1v) is 11.5. The van der Waals surface area contributed by atoms with Crippen LogP contribution in [-0.4, -0.2) is 43.1 Å². The van der Waals surface area contributed by atoms with Crippen LogP contribution in [0, 0.1) is 11.7 Å². The topological polar surface area (TPSA) is 99.2 Å². The normalized spacial score (nSPS) is 20.9. The van der Waals surface area contributed by atoms with Gasteiger partial charge in [0.25, 0.3) is 0 Å². The van der Waals surface area contributed by atoms with E-state index < -0.39 is 0 Å². The molecule has 2 aliphatic rings. The van der Waals surface area contributed by atoms with Gasteiger partial charge >= 0.3 is 0 Å². The Hall–Kier alpha value is -4.27. The molecule has 2 bridgehead atoms. The smallest absolute Gasteiger partial charge is 0.246 e. The van der Waals surface area contributed by atoms with Crippen molar-refractivity contribution in [2.45, 2.75) is 24.9 Å². The van der Waals surface area contributed by atoms with Crippen LogP contribution >= 0.6 is 0 Å². The molecule has 0 radical (unpaired) electrons. The van der Waals surface area contributed by atoms with Crippen molar-refractivity contribution >= 4 is 22.8 Å². The molecule has 2 N–H and O–H groups in total. The largest absolute Gasteiger partial charge is 0.457 e. The molecule has 0 spiro atoms. The molecular formula is C26H23FN6O2. The van der Waals surface area contributed by atoms with Crippen LogP contribution in [-0.2, 0) is 4.79 Å². The van der Waals surface area contributed by atoms with E-state index in [2.05, 4.69) is 16.5 Å². The number of amides is 1. The van der Waals surface area contributed by atoms with E-state index in [1.54, 1.807) is 24.3 Å². The Bertz CT molecular complexity index is 1450. The number of carbonyl (C=O) groups excluding carboxylic acids is 1. The lowest BCUT2D eigenvalue weighted by molar-refractivity contribution is -0.128. The van der Waals surface area contributed by atoms with Crippen molar-refractivity contribution in [1.29, 1.82) is 0 Å². The van der Waals surface area contributed by atoms with Crippen molar-refractivity contribution in [3.8, 4) is 22.8 Å². The summed E-state index contributed by atoms with van der Waals surface area (Å²) in [4.78, 5) is 23.0. The molecule has 3 heterocycles. The zero-order valence-corrected chi connectivity index (χ0v) is 18.8. The number of nitrogen functional groups attached to an aromatic ring is 1. The van der Waals surface area contributed by atoms with Gasteiger partial charge in [0.1, 0.15) is 35.2 Å². The summed E-state index contributed by atoms with van der Waals surface area (Å²) in [5.74, 6) is 1.34. The number of aromatic nitrogens is 4. The minimum absolute atomic E-state index is 0.00113. The predicted octanol–water partition coefficient (Wildman–Crippen LogP) is 4.35. The zero-order valence-electron chi connectivity index (χ0n) is 18.8. The molecular weight excluding hydrogens is 447 g/mol. The van der Waals surface area contributed by atoms with Gasteiger partial charge in [0.05, 0.1) is 17.5 Å². The van der Waals surface area contributed by atoms with Crippen molar-refractivity contribution < 1.29 is 13.9 Å². The Morgan fingerprint density at radius 1 is 1.11 bits per heavy atom. The Morgan fingerprint density at radius 2 is 1.91 bits per heavy atom. The number of anilines is 1. The first-order chi connectivity index (χ1) is 17.0. The van der Waals surface area contributed by atoms with Gasteiger partial charge in [0.15, 0.2) is 5.65 Å². The van der Waals surface area contributed by atoms with Crippen LogP contribution in [0.5, 0.6) is 11.5 Å². The van der Waals surface area contributed by atoms with E-state index in [4.69, 9.17) is 15.6 Å². The lowest BCUT2D eigenvalue weighted by Gasteiger charge is -2.32. The molecule has 1 saturated carbocycles. The van der Waals surface area contributed by atoms with E-state index >= 15 is 0 Å². The summed E-state index contributed by atoms with van der Waals surface area (Å²) in [6.45, 7) is 4.40. The number of piperidine rings is 1. The average Bonchev–Trinajstić information content (AvgIpc) is 3.57. The maximum absolute atomic E-state index is 13.5. The molecule has 6 rings (SSSR count). The van der Waals surface area contributed by atoms with Gasteiger partial charge in [-0.15, -0.1) is 0 Å². The standard InChI is InChI=1S/C26H23FN6O2/c1-2-22(34)32-13-15-10-20(32)21(11-15)33-26-23(25(28)29-14-30-26)24(31-33)16-6-8-18(9-7-16)35-19-5-3-4-17(27)12-19/h2-9,12,14-15,20-21H,1,10-11,13H2,(H2,28,29,30). The summed E-state index contributed by atoms with van der Waals surface area (Å²) in [6, 6.07) is 13.4. The van der Waals surface area contributed by atoms with Gasteiger partial charge in [-0.3, -0.25) is 4.79 Å². The third kappa shape index (κ3) is 3.60. The molecule has 1 amide bonds. The van der Waals surface area contributed by atoms with E-state index in [0.29, 0.717) is 40.0 Å². The van der Waals surface area contributed by atoms with Gasteiger partial charge in [-0.05, 0) is 61.2 Å². The number of likely N-dealkylation sites (tertiary alicyclic amines) is 1. The fourth-order valence-corrected chi connectivity index (χ4v) is 5.40. The summed E-state index contributed by atoms with van der Waals surface area (Å²) < 4.78 is 21.2. The minimum Gasteiger partial charge on any atom is -0.457 e. The molecule has 3 atom stereocenters. The molecule has 4 aromatic rings. The predicted molar refractivity (Wildman–Crippen MR) is 129 cm³/mol. The van der Waals surface area contributed by atoms with Crippen molar-refractivity contribution in [3.63, 3.8) is 0 Å². The van der Waals surface area contributed by atoms with Crippen LogP contribution in [0.4, 0.5) is 10.2 Å². The Kier molecular flexibility index (Phi) is 4.98. The summed E-state index contributed by atoms with van der Waals surface area (Å²) >= 11 is 0. The third-order valence-corrected chi connectivity index (χ3v) is 6.90. The second-order valence-electron chi connectivity index (χ2n) is 9.00. The van der Waals surface area contributed by atoms with Gasteiger partial charge in [-0.2, -0.15) is 5.10 Å². The van der Waals surface area contributed by atoms with E-state index in [1.807, 2.05) is 21.7 Å². The Balaban J connectivity index is 1.37. The van der Waals surface area contributed by atoms with Crippen molar-refractivity contribution in [2.24, 2.45) is 5.92 Å². The fraction of sp³-hybridized carbons (Fsp3) is 0.231. The number of carbonyl (C=O) groups is 1. The monoisotopic (exact) mass is 470 g/mol. The van der Waals surface area contributed by atoms with Crippen LogP contribution < -0.4 is 10.5 Å². The number of halogens is 1. The highest BCUT2D eigenvalue weighted by atomic mass is 19.1. The molecule has 35 heavy (non-hydrogen) atoms. The molecule has 1 aliphatic carbocycles. The molecule has 3 unspecified atom stereocenters. The van der Waals surface area contributed by atoms with Crippen LogP contribution in [0.2, 0.25) is 0 Å². The maximum atomic E-state index is 13.5. The second-order valence-corrected chi connectivity index (χ2v) is 9.00. The van der Waals surface area contributed by atoms with E-state index in [1.165, 1.54) is 24.5 Å². The molecule has 2 aromatic carbocycles. The summed E-state index contributed by atoms with van der Waals surface area (Å²) in [6.07, 6.45) is 4.67. The molecule has 9 heteroatoms. The van der Waals surface area contributed by atoms with Crippen molar-refractivity contribution in [3.05, 3.63) is 73.3 Å². The molecule has 1 saturated heterocycles. The quantitative estimate of drug-likeness (QED) is 0.435.